The third-order valence-corrected chi connectivity index (χ3v) is 6.10. The summed E-state index contributed by atoms with van der Waals surface area (Å²) in [5, 5.41) is 4.51. The van der Waals surface area contributed by atoms with Gasteiger partial charge in [0.25, 0.3) is 0 Å². The van der Waals surface area contributed by atoms with Gasteiger partial charge in [0, 0.05) is 15.9 Å². The van der Waals surface area contributed by atoms with Crippen LogP contribution in [0.5, 0.6) is 0 Å². The van der Waals surface area contributed by atoms with Gasteiger partial charge in [0.1, 0.15) is 0 Å². The number of benzene rings is 1. The van der Waals surface area contributed by atoms with E-state index >= 15 is 0 Å². The minimum Gasteiger partial charge on any atom is -0.309 e. The van der Waals surface area contributed by atoms with Crippen molar-refractivity contribution >= 4 is 38.9 Å². The topological polar surface area (TPSA) is 12.0 Å². The van der Waals surface area contributed by atoms with Crippen LogP contribution in [0.1, 0.15) is 41.0 Å². The van der Waals surface area contributed by atoms with Gasteiger partial charge < -0.3 is 5.32 Å². The molecular weight excluding hydrogens is 366 g/mol. The van der Waals surface area contributed by atoms with Gasteiger partial charge in [0.05, 0.1) is 3.79 Å². The fraction of sp³-hybridized carbons (Fsp3) is 0.412. The maximum atomic E-state index is 6.40. The Bertz CT molecular complexity index is 589. The van der Waals surface area contributed by atoms with Gasteiger partial charge in [-0.3, -0.25) is 0 Å². The lowest BCUT2D eigenvalue weighted by atomic mass is 10.0. The summed E-state index contributed by atoms with van der Waals surface area (Å²) in [6.07, 6.45) is 2.05. The van der Waals surface area contributed by atoms with Crippen molar-refractivity contribution in [3.8, 4) is 0 Å². The van der Waals surface area contributed by atoms with E-state index in [0.717, 1.165) is 24.4 Å². The van der Waals surface area contributed by atoms with Gasteiger partial charge in [-0.2, -0.15) is 0 Å². The van der Waals surface area contributed by atoms with Crippen LogP contribution in [0.15, 0.2) is 28.1 Å². The van der Waals surface area contributed by atoms with Crippen LogP contribution in [0, 0.1) is 13.8 Å². The molecule has 1 heterocycles. The molecule has 1 nitrogen and oxygen atoms in total. The number of thiophene rings is 1. The minimum atomic E-state index is 0.320. The Balaban J connectivity index is 2.23. The zero-order valence-electron chi connectivity index (χ0n) is 12.7. The van der Waals surface area contributed by atoms with Crippen LogP contribution < -0.4 is 5.32 Å². The van der Waals surface area contributed by atoms with E-state index in [1.807, 2.05) is 17.4 Å². The van der Waals surface area contributed by atoms with E-state index < -0.39 is 0 Å². The molecule has 2 rings (SSSR count). The van der Waals surface area contributed by atoms with Crippen molar-refractivity contribution in [1.29, 1.82) is 0 Å². The first-order chi connectivity index (χ1) is 10.0. The molecular formula is C17H21BrClNS. The summed E-state index contributed by atoms with van der Waals surface area (Å²) in [5.74, 6) is 0. The Kier molecular flexibility index (Phi) is 6.30. The molecule has 0 spiro atoms. The van der Waals surface area contributed by atoms with Gasteiger partial charge in [-0.25, -0.2) is 0 Å². The lowest BCUT2D eigenvalue weighted by Gasteiger charge is -2.18. The number of rotatable bonds is 6. The summed E-state index contributed by atoms with van der Waals surface area (Å²) in [6, 6.07) is 8.91. The molecule has 4 heteroatoms. The highest BCUT2D eigenvalue weighted by atomic mass is 79.9. The molecule has 21 heavy (non-hydrogen) atoms. The molecule has 0 saturated carbocycles. The van der Waals surface area contributed by atoms with Gasteiger partial charge in [-0.1, -0.05) is 30.7 Å². The van der Waals surface area contributed by atoms with Crippen molar-refractivity contribution in [1.82, 2.24) is 5.32 Å². The molecule has 0 fully saturated rings. The van der Waals surface area contributed by atoms with E-state index in [4.69, 9.17) is 11.6 Å². The van der Waals surface area contributed by atoms with E-state index in [2.05, 4.69) is 60.2 Å². The molecule has 1 N–H and O–H groups in total. The van der Waals surface area contributed by atoms with Gasteiger partial charge in [-0.05, 0) is 78.0 Å². The van der Waals surface area contributed by atoms with E-state index in [1.165, 1.54) is 25.4 Å². The highest BCUT2D eigenvalue weighted by Gasteiger charge is 2.16. The zero-order chi connectivity index (χ0) is 15.4. The quantitative estimate of drug-likeness (QED) is 0.636. The monoisotopic (exact) mass is 385 g/mol. The molecule has 0 radical (unpaired) electrons. The van der Waals surface area contributed by atoms with Crippen molar-refractivity contribution in [3.63, 3.8) is 0 Å². The average Bonchev–Trinajstić information content (AvgIpc) is 2.77. The second-order valence-corrected chi connectivity index (χ2v) is 8.22. The Morgan fingerprint density at radius 3 is 2.62 bits per heavy atom. The van der Waals surface area contributed by atoms with Crippen LogP contribution in [0.2, 0.25) is 5.02 Å². The molecule has 0 aliphatic rings. The molecule has 0 aliphatic heterocycles. The Labute approximate surface area is 144 Å². The summed E-state index contributed by atoms with van der Waals surface area (Å²) in [6.45, 7) is 7.42. The largest absolute Gasteiger partial charge is 0.309 e. The molecule has 2 aromatic rings. The first kappa shape index (κ1) is 17.0. The van der Waals surface area contributed by atoms with Crippen LogP contribution in [0.3, 0.4) is 0 Å². The van der Waals surface area contributed by atoms with Crippen LogP contribution >= 0.6 is 38.9 Å². The smallest absolute Gasteiger partial charge is 0.0731 e. The van der Waals surface area contributed by atoms with Crippen molar-refractivity contribution in [3.05, 3.63) is 54.6 Å². The number of nitrogens with one attached hydrogen (secondary N) is 1. The van der Waals surface area contributed by atoms with E-state index in [0.29, 0.717) is 6.04 Å². The fourth-order valence-electron chi connectivity index (χ4n) is 2.28. The van der Waals surface area contributed by atoms with E-state index in [-0.39, 0.29) is 0 Å². The summed E-state index contributed by atoms with van der Waals surface area (Å²) in [7, 11) is 0. The predicted octanol–water partition coefficient (Wildman–Crippen LogP) is 6.06. The van der Waals surface area contributed by atoms with E-state index in [9.17, 15) is 0 Å². The molecule has 114 valence electrons. The molecule has 0 saturated heterocycles. The van der Waals surface area contributed by atoms with Gasteiger partial charge >= 0.3 is 0 Å². The second-order valence-electron chi connectivity index (χ2n) is 5.41. The highest BCUT2D eigenvalue weighted by molar-refractivity contribution is 9.11. The number of hydrogen-bond donors (Lipinski definition) is 1. The normalized spacial score (nSPS) is 12.6. The van der Waals surface area contributed by atoms with Crippen LogP contribution in [-0.4, -0.2) is 6.54 Å². The molecule has 1 unspecified atom stereocenters. The van der Waals surface area contributed by atoms with Gasteiger partial charge in [0.2, 0.25) is 0 Å². The summed E-state index contributed by atoms with van der Waals surface area (Å²) in [4.78, 5) is 1.37. The number of hydrogen-bond acceptors (Lipinski definition) is 2. The highest BCUT2D eigenvalue weighted by Crippen LogP contribution is 2.34. The maximum Gasteiger partial charge on any atom is 0.0731 e. The molecule has 0 amide bonds. The van der Waals surface area contributed by atoms with Crippen molar-refractivity contribution < 1.29 is 0 Å². The first-order valence-electron chi connectivity index (χ1n) is 7.25. The van der Waals surface area contributed by atoms with Crippen LogP contribution in [-0.2, 0) is 6.42 Å². The van der Waals surface area contributed by atoms with E-state index in [1.54, 1.807) is 0 Å². The van der Waals surface area contributed by atoms with Gasteiger partial charge in [-0.15, -0.1) is 11.3 Å². The Hall–Kier alpha value is -0.350. The molecule has 1 aromatic carbocycles. The lowest BCUT2D eigenvalue weighted by molar-refractivity contribution is 0.536. The third kappa shape index (κ3) is 4.56. The van der Waals surface area contributed by atoms with Crippen molar-refractivity contribution in [2.24, 2.45) is 0 Å². The number of aryl methyl sites for hydroxylation is 2. The average molecular weight is 387 g/mol. The summed E-state index contributed by atoms with van der Waals surface area (Å²) < 4.78 is 1.22. The third-order valence-electron chi connectivity index (χ3n) is 3.49. The van der Waals surface area contributed by atoms with Gasteiger partial charge in [0.15, 0.2) is 0 Å². The second kappa shape index (κ2) is 7.77. The minimum absolute atomic E-state index is 0.320. The molecule has 1 aromatic heterocycles. The molecule has 0 bridgehead atoms. The summed E-state index contributed by atoms with van der Waals surface area (Å²) in [5.41, 5.74) is 3.71. The Morgan fingerprint density at radius 2 is 2.05 bits per heavy atom. The lowest BCUT2D eigenvalue weighted by Crippen LogP contribution is -2.23. The van der Waals surface area contributed by atoms with Crippen molar-refractivity contribution in [2.75, 3.05) is 6.54 Å². The Morgan fingerprint density at radius 1 is 1.29 bits per heavy atom. The SMILES string of the molecule is CCCNC(Cc1ccc(C)cc1Cl)c1cc(C)c(Br)s1. The maximum absolute atomic E-state index is 6.40. The summed E-state index contributed by atoms with van der Waals surface area (Å²) >= 11 is 11.8. The first-order valence-corrected chi connectivity index (χ1v) is 9.24. The van der Waals surface area contributed by atoms with Crippen molar-refractivity contribution in [2.45, 2.75) is 39.7 Å². The fourth-order valence-corrected chi connectivity index (χ4v) is 4.24. The van der Waals surface area contributed by atoms with Crippen LogP contribution in [0.25, 0.3) is 0 Å². The number of halogens is 2. The molecule has 0 aliphatic carbocycles. The predicted molar refractivity (Wildman–Crippen MR) is 97.7 cm³/mol. The molecule has 1 atom stereocenters. The van der Waals surface area contributed by atoms with Crippen LogP contribution in [0.4, 0.5) is 0 Å². The zero-order valence-corrected chi connectivity index (χ0v) is 15.8. The standard InChI is InChI=1S/C17H21BrClNS/c1-4-7-20-15(16-9-12(3)17(18)21-16)10-13-6-5-11(2)8-14(13)19/h5-6,8-9,15,20H,4,7,10H2,1-3H3.